The average Bonchev–Trinajstić information content (AvgIpc) is 2.83. The first kappa shape index (κ1) is 33.9. The van der Waals surface area contributed by atoms with E-state index in [-0.39, 0.29) is 25.2 Å². The Balaban J connectivity index is 3.41. The van der Waals surface area contributed by atoms with Crippen molar-refractivity contribution in [3.63, 3.8) is 0 Å². The Morgan fingerprint density at radius 2 is 0.914 bits per heavy atom. The molecule has 0 aliphatic carbocycles. The molecule has 208 valence electrons. The molecule has 0 radical (unpaired) electrons. The molecule has 0 bridgehead atoms. The van der Waals surface area contributed by atoms with Gasteiger partial charge >= 0.3 is 11.9 Å². The molecule has 0 saturated carbocycles. The molecular weight excluding hydrogens is 440 g/mol. The minimum absolute atomic E-state index is 0.110. The summed E-state index contributed by atoms with van der Waals surface area (Å²) in [5, 5.41) is 9.88. The molecule has 0 aromatic heterocycles. The lowest BCUT2D eigenvalue weighted by molar-refractivity contribution is -0.152. The van der Waals surface area contributed by atoms with E-state index in [1.807, 2.05) is 0 Å². The number of hydrogen-bond donors (Lipinski definition) is 1. The second kappa shape index (κ2) is 26.0. The summed E-state index contributed by atoms with van der Waals surface area (Å²) in [4.78, 5) is 23.6. The minimum atomic E-state index is -0.952. The summed E-state index contributed by atoms with van der Waals surface area (Å²) in [6.07, 6.45) is 23.0. The first-order valence-corrected chi connectivity index (χ1v) is 14.9. The molecule has 35 heavy (non-hydrogen) atoms. The van der Waals surface area contributed by atoms with E-state index < -0.39 is 6.10 Å². The van der Waals surface area contributed by atoms with Crippen molar-refractivity contribution in [2.24, 2.45) is 5.92 Å². The quantitative estimate of drug-likeness (QED) is 0.0959. The number of aliphatic hydroxyl groups is 1. The second-order valence-electron chi connectivity index (χ2n) is 10.7. The zero-order valence-electron chi connectivity index (χ0n) is 23.5. The molecule has 0 spiro atoms. The molecule has 0 aliphatic heterocycles. The minimum Gasteiger partial charge on any atom is -0.463 e. The maximum absolute atomic E-state index is 11.8. The van der Waals surface area contributed by atoms with Crippen molar-refractivity contribution >= 4 is 11.9 Å². The van der Waals surface area contributed by atoms with E-state index in [4.69, 9.17) is 9.47 Å². The van der Waals surface area contributed by atoms with Crippen LogP contribution in [-0.4, -0.2) is 36.4 Å². The zero-order valence-corrected chi connectivity index (χ0v) is 23.5. The van der Waals surface area contributed by atoms with Gasteiger partial charge in [0.25, 0.3) is 0 Å². The van der Waals surface area contributed by atoms with Crippen molar-refractivity contribution < 1.29 is 24.2 Å². The summed E-state index contributed by atoms with van der Waals surface area (Å²) in [5.41, 5.74) is 0. The molecule has 0 fully saturated rings. The van der Waals surface area contributed by atoms with E-state index >= 15 is 0 Å². The molecule has 5 nitrogen and oxygen atoms in total. The standard InChI is InChI=1S/C30H58O5/c1-4-5-6-7-13-17-20-23-29(32)34-25-28(31)26-35-30(33)24-21-18-15-12-10-8-9-11-14-16-19-22-27(2)3/h27-28,31H,4-26H2,1-3H3/t28-/m1/s1. The highest BCUT2D eigenvalue weighted by atomic mass is 16.6. The van der Waals surface area contributed by atoms with Gasteiger partial charge in [-0.3, -0.25) is 9.59 Å². The Kier molecular flexibility index (Phi) is 25.2. The second-order valence-corrected chi connectivity index (χ2v) is 10.7. The van der Waals surface area contributed by atoms with Crippen molar-refractivity contribution in [1.29, 1.82) is 0 Å². The van der Waals surface area contributed by atoms with Gasteiger partial charge in [-0.2, -0.15) is 0 Å². The van der Waals surface area contributed by atoms with Gasteiger partial charge < -0.3 is 14.6 Å². The lowest BCUT2D eigenvalue weighted by Gasteiger charge is -2.12. The fourth-order valence-corrected chi connectivity index (χ4v) is 4.21. The number of rotatable bonds is 26. The SMILES string of the molecule is CCCCCCCCCC(=O)OC[C@@H](O)COC(=O)CCCCCCCCCCCCCC(C)C. The number of hydrogen-bond acceptors (Lipinski definition) is 5. The molecule has 5 heteroatoms. The number of unbranched alkanes of at least 4 members (excludes halogenated alkanes) is 16. The average molecular weight is 499 g/mol. The third kappa shape index (κ3) is 27.3. The summed E-state index contributed by atoms with van der Waals surface area (Å²) in [5.74, 6) is 0.269. The van der Waals surface area contributed by atoms with Gasteiger partial charge in [0.2, 0.25) is 0 Å². The lowest BCUT2D eigenvalue weighted by Crippen LogP contribution is -2.25. The maximum atomic E-state index is 11.8. The van der Waals surface area contributed by atoms with E-state index in [0.717, 1.165) is 38.0 Å². The Bertz CT molecular complexity index is 477. The van der Waals surface area contributed by atoms with E-state index in [2.05, 4.69) is 20.8 Å². The van der Waals surface area contributed by atoms with Crippen LogP contribution in [0.5, 0.6) is 0 Å². The van der Waals surface area contributed by atoms with Gasteiger partial charge in [0.05, 0.1) is 0 Å². The van der Waals surface area contributed by atoms with Crippen molar-refractivity contribution in [3.05, 3.63) is 0 Å². The fourth-order valence-electron chi connectivity index (χ4n) is 4.21. The van der Waals surface area contributed by atoms with Gasteiger partial charge in [0.15, 0.2) is 0 Å². The Hall–Kier alpha value is -1.10. The van der Waals surface area contributed by atoms with E-state index in [1.165, 1.54) is 89.9 Å². The molecule has 0 aliphatic rings. The number of carbonyl (C=O) groups is 2. The number of aliphatic hydroxyl groups excluding tert-OH is 1. The van der Waals surface area contributed by atoms with Gasteiger partial charge in [-0.1, -0.05) is 130 Å². The summed E-state index contributed by atoms with van der Waals surface area (Å²) in [6.45, 7) is 6.58. The van der Waals surface area contributed by atoms with Gasteiger partial charge in [0.1, 0.15) is 19.3 Å². The predicted octanol–water partition coefficient (Wildman–Crippen LogP) is 8.30. The van der Waals surface area contributed by atoms with Crippen LogP contribution in [0.4, 0.5) is 0 Å². The molecule has 0 amide bonds. The van der Waals surface area contributed by atoms with Crippen LogP contribution in [0.25, 0.3) is 0 Å². The summed E-state index contributed by atoms with van der Waals surface area (Å²) < 4.78 is 10.2. The van der Waals surface area contributed by atoms with Crippen LogP contribution in [0, 0.1) is 5.92 Å². The molecule has 0 aromatic rings. The van der Waals surface area contributed by atoms with E-state index in [9.17, 15) is 14.7 Å². The molecule has 1 N–H and O–H groups in total. The Labute approximate surface area is 217 Å². The maximum Gasteiger partial charge on any atom is 0.305 e. The molecule has 1 atom stereocenters. The van der Waals surface area contributed by atoms with E-state index in [1.54, 1.807) is 0 Å². The van der Waals surface area contributed by atoms with E-state index in [0.29, 0.717) is 12.8 Å². The van der Waals surface area contributed by atoms with Crippen LogP contribution in [0.1, 0.15) is 156 Å². The highest BCUT2D eigenvalue weighted by Crippen LogP contribution is 2.14. The van der Waals surface area contributed by atoms with Crippen molar-refractivity contribution in [1.82, 2.24) is 0 Å². The third-order valence-electron chi connectivity index (χ3n) is 6.52. The fraction of sp³-hybridized carbons (Fsp3) is 0.933. The monoisotopic (exact) mass is 498 g/mol. The molecular formula is C30H58O5. The van der Waals surface area contributed by atoms with Crippen LogP contribution >= 0.6 is 0 Å². The Morgan fingerprint density at radius 1 is 0.571 bits per heavy atom. The normalized spacial score (nSPS) is 12.1. The van der Waals surface area contributed by atoms with Gasteiger partial charge in [0, 0.05) is 12.8 Å². The molecule has 0 heterocycles. The molecule has 0 rings (SSSR count). The molecule has 0 unspecified atom stereocenters. The smallest absolute Gasteiger partial charge is 0.305 e. The van der Waals surface area contributed by atoms with Crippen molar-refractivity contribution in [2.45, 2.75) is 162 Å². The van der Waals surface area contributed by atoms with Crippen molar-refractivity contribution in [3.8, 4) is 0 Å². The zero-order chi connectivity index (χ0) is 26.0. The Morgan fingerprint density at radius 3 is 1.29 bits per heavy atom. The van der Waals surface area contributed by atoms with Gasteiger partial charge in [-0.05, 0) is 18.8 Å². The highest BCUT2D eigenvalue weighted by Gasteiger charge is 2.12. The first-order valence-electron chi connectivity index (χ1n) is 14.9. The van der Waals surface area contributed by atoms with Crippen molar-refractivity contribution in [2.75, 3.05) is 13.2 Å². The van der Waals surface area contributed by atoms with Gasteiger partial charge in [-0.25, -0.2) is 0 Å². The lowest BCUT2D eigenvalue weighted by atomic mass is 10.0. The van der Waals surface area contributed by atoms with Crippen LogP contribution in [-0.2, 0) is 19.1 Å². The van der Waals surface area contributed by atoms with Gasteiger partial charge in [-0.15, -0.1) is 0 Å². The summed E-state index contributed by atoms with van der Waals surface area (Å²) in [7, 11) is 0. The topological polar surface area (TPSA) is 72.8 Å². The molecule has 0 aromatic carbocycles. The van der Waals surface area contributed by atoms with Crippen LogP contribution in [0.2, 0.25) is 0 Å². The number of carbonyl (C=O) groups excluding carboxylic acids is 2. The number of esters is 2. The van der Waals surface area contributed by atoms with Crippen LogP contribution in [0.3, 0.4) is 0 Å². The largest absolute Gasteiger partial charge is 0.463 e. The molecule has 0 saturated heterocycles. The van der Waals surface area contributed by atoms with Crippen LogP contribution in [0.15, 0.2) is 0 Å². The first-order chi connectivity index (χ1) is 17.0. The number of ether oxygens (including phenoxy) is 2. The summed E-state index contributed by atoms with van der Waals surface area (Å²) in [6, 6.07) is 0. The summed E-state index contributed by atoms with van der Waals surface area (Å²) >= 11 is 0. The predicted molar refractivity (Wildman–Crippen MR) is 145 cm³/mol. The third-order valence-corrected chi connectivity index (χ3v) is 6.52. The highest BCUT2D eigenvalue weighted by molar-refractivity contribution is 5.69. The van der Waals surface area contributed by atoms with Crippen LogP contribution < -0.4 is 0 Å².